The highest BCUT2D eigenvalue weighted by atomic mass is 32.2. The zero-order chi connectivity index (χ0) is 10.4. The number of hydrogen-bond acceptors (Lipinski definition) is 5. The molecule has 0 radical (unpaired) electrons. The van der Waals surface area contributed by atoms with Crippen LogP contribution in [0.15, 0.2) is 0 Å². The maximum absolute atomic E-state index is 4.12. The van der Waals surface area contributed by atoms with E-state index in [2.05, 4.69) is 35.6 Å². The van der Waals surface area contributed by atoms with Crippen molar-refractivity contribution >= 4 is 23.1 Å². The standard InChI is InChI=1S/C9H17N3S2/c1-7(2)4-10-5-8-11-12-9(14-8)6-13-3/h7,10H,4-6H2,1-3H3. The van der Waals surface area contributed by atoms with Gasteiger partial charge < -0.3 is 5.32 Å². The van der Waals surface area contributed by atoms with Crippen LogP contribution in [0.1, 0.15) is 23.9 Å². The highest BCUT2D eigenvalue weighted by Gasteiger charge is 2.03. The zero-order valence-electron chi connectivity index (χ0n) is 8.91. The minimum absolute atomic E-state index is 0.689. The van der Waals surface area contributed by atoms with Gasteiger partial charge in [-0.15, -0.1) is 10.2 Å². The third-order valence-electron chi connectivity index (χ3n) is 1.61. The van der Waals surface area contributed by atoms with E-state index in [9.17, 15) is 0 Å². The molecule has 1 N–H and O–H groups in total. The van der Waals surface area contributed by atoms with Crippen molar-refractivity contribution < 1.29 is 0 Å². The van der Waals surface area contributed by atoms with Gasteiger partial charge in [-0.2, -0.15) is 11.8 Å². The Hall–Kier alpha value is -0.130. The van der Waals surface area contributed by atoms with E-state index < -0.39 is 0 Å². The minimum atomic E-state index is 0.689. The van der Waals surface area contributed by atoms with Gasteiger partial charge in [0.2, 0.25) is 0 Å². The molecule has 0 saturated carbocycles. The van der Waals surface area contributed by atoms with Crippen LogP contribution in [-0.4, -0.2) is 23.0 Å². The molecule has 0 aromatic carbocycles. The van der Waals surface area contributed by atoms with E-state index in [1.165, 1.54) is 0 Å². The molecule has 1 rings (SSSR count). The molecule has 0 amide bonds. The van der Waals surface area contributed by atoms with Gasteiger partial charge in [0, 0.05) is 12.3 Å². The Morgan fingerprint density at radius 1 is 1.36 bits per heavy atom. The van der Waals surface area contributed by atoms with Crippen molar-refractivity contribution in [3.05, 3.63) is 10.0 Å². The van der Waals surface area contributed by atoms with Crippen molar-refractivity contribution in [1.29, 1.82) is 0 Å². The first kappa shape index (κ1) is 11.9. The summed E-state index contributed by atoms with van der Waals surface area (Å²) >= 11 is 3.49. The predicted molar refractivity (Wildman–Crippen MR) is 63.7 cm³/mol. The lowest BCUT2D eigenvalue weighted by Crippen LogP contribution is -2.18. The fraction of sp³-hybridized carbons (Fsp3) is 0.778. The Labute approximate surface area is 93.7 Å². The van der Waals surface area contributed by atoms with Gasteiger partial charge in [-0.3, -0.25) is 0 Å². The fourth-order valence-electron chi connectivity index (χ4n) is 1.01. The molecular formula is C9H17N3S2. The van der Waals surface area contributed by atoms with Crippen molar-refractivity contribution in [1.82, 2.24) is 15.5 Å². The second kappa shape index (κ2) is 6.37. The van der Waals surface area contributed by atoms with Crippen LogP contribution in [0, 0.1) is 5.92 Å². The molecule has 5 heteroatoms. The van der Waals surface area contributed by atoms with Crippen molar-refractivity contribution in [3.8, 4) is 0 Å². The lowest BCUT2D eigenvalue weighted by molar-refractivity contribution is 0.550. The lowest BCUT2D eigenvalue weighted by atomic mass is 10.2. The number of nitrogens with zero attached hydrogens (tertiary/aromatic N) is 2. The van der Waals surface area contributed by atoms with E-state index in [1.54, 1.807) is 23.1 Å². The lowest BCUT2D eigenvalue weighted by Gasteiger charge is -2.03. The maximum Gasteiger partial charge on any atom is 0.131 e. The Morgan fingerprint density at radius 2 is 2.07 bits per heavy atom. The van der Waals surface area contributed by atoms with E-state index in [4.69, 9.17) is 0 Å². The normalized spacial score (nSPS) is 11.1. The molecule has 0 atom stereocenters. The molecular weight excluding hydrogens is 214 g/mol. The Morgan fingerprint density at radius 3 is 2.71 bits per heavy atom. The Kier molecular flexibility index (Phi) is 5.44. The van der Waals surface area contributed by atoms with Crippen LogP contribution in [0.2, 0.25) is 0 Å². The number of nitrogens with one attached hydrogen (secondary N) is 1. The van der Waals surface area contributed by atoms with Crippen molar-refractivity contribution in [2.45, 2.75) is 26.1 Å². The second-order valence-electron chi connectivity index (χ2n) is 3.55. The molecule has 0 fully saturated rings. The molecule has 3 nitrogen and oxygen atoms in total. The van der Waals surface area contributed by atoms with Crippen molar-refractivity contribution in [2.75, 3.05) is 12.8 Å². The Bertz CT molecular complexity index is 260. The quantitative estimate of drug-likeness (QED) is 0.814. The van der Waals surface area contributed by atoms with E-state index in [1.807, 2.05) is 0 Å². The monoisotopic (exact) mass is 231 g/mol. The molecule has 1 heterocycles. The third kappa shape index (κ3) is 4.39. The minimum Gasteiger partial charge on any atom is -0.310 e. The summed E-state index contributed by atoms with van der Waals surface area (Å²) in [4.78, 5) is 0. The van der Waals surface area contributed by atoms with Crippen LogP contribution < -0.4 is 5.32 Å². The van der Waals surface area contributed by atoms with Crippen LogP contribution in [0.25, 0.3) is 0 Å². The molecule has 14 heavy (non-hydrogen) atoms. The third-order valence-corrected chi connectivity index (χ3v) is 3.27. The van der Waals surface area contributed by atoms with Crippen LogP contribution >= 0.6 is 23.1 Å². The van der Waals surface area contributed by atoms with Gasteiger partial charge in [-0.05, 0) is 18.7 Å². The molecule has 0 spiro atoms. The summed E-state index contributed by atoms with van der Waals surface area (Å²) < 4.78 is 0. The number of thioether (sulfide) groups is 1. The van der Waals surface area contributed by atoms with Crippen LogP contribution in [0.5, 0.6) is 0 Å². The fourth-order valence-corrected chi connectivity index (χ4v) is 2.51. The van der Waals surface area contributed by atoms with Gasteiger partial charge in [0.15, 0.2) is 0 Å². The molecule has 0 saturated heterocycles. The van der Waals surface area contributed by atoms with Gasteiger partial charge >= 0.3 is 0 Å². The molecule has 1 aromatic rings. The molecule has 0 aliphatic carbocycles. The molecule has 0 aliphatic heterocycles. The first-order valence-electron chi connectivity index (χ1n) is 4.73. The molecule has 0 unspecified atom stereocenters. The summed E-state index contributed by atoms with van der Waals surface area (Å²) in [6, 6.07) is 0. The van der Waals surface area contributed by atoms with E-state index in [0.717, 1.165) is 28.9 Å². The molecule has 0 bridgehead atoms. The summed E-state index contributed by atoms with van der Waals surface area (Å²) in [5.74, 6) is 1.66. The molecule has 80 valence electrons. The van der Waals surface area contributed by atoms with E-state index >= 15 is 0 Å². The summed E-state index contributed by atoms with van der Waals surface area (Å²) in [6.45, 7) is 6.29. The highest BCUT2D eigenvalue weighted by molar-refractivity contribution is 7.97. The van der Waals surface area contributed by atoms with E-state index in [-0.39, 0.29) is 0 Å². The summed E-state index contributed by atoms with van der Waals surface area (Å²) in [7, 11) is 0. The smallest absolute Gasteiger partial charge is 0.131 e. The second-order valence-corrected chi connectivity index (χ2v) is 5.56. The zero-order valence-corrected chi connectivity index (χ0v) is 10.5. The summed E-state index contributed by atoms with van der Waals surface area (Å²) in [5.41, 5.74) is 0. The van der Waals surface area contributed by atoms with Crippen LogP contribution in [-0.2, 0) is 12.3 Å². The van der Waals surface area contributed by atoms with Gasteiger partial charge in [0.25, 0.3) is 0 Å². The number of aromatic nitrogens is 2. The highest BCUT2D eigenvalue weighted by Crippen LogP contribution is 2.14. The first-order valence-corrected chi connectivity index (χ1v) is 6.94. The van der Waals surface area contributed by atoms with Gasteiger partial charge in [-0.1, -0.05) is 25.2 Å². The molecule has 1 aromatic heterocycles. The number of hydrogen-bond donors (Lipinski definition) is 1. The average molecular weight is 231 g/mol. The number of rotatable bonds is 6. The van der Waals surface area contributed by atoms with Gasteiger partial charge in [-0.25, -0.2) is 0 Å². The summed E-state index contributed by atoms with van der Waals surface area (Å²) in [6.07, 6.45) is 2.08. The SMILES string of the molecule is CSCc1nnc(CNCC(C)C)s1. The largest absolute Gasteiger partial charge is 0.310 e. The van der Waals surface area contributed by atoms with Crippen molar-refractivity contribution in [2.24, 2.45) is 5.92 Å². The Balaban J connectivity index is 2.28. The first-order chi connectivity index (χ1) is 6.72. The van der Waals surface area contributed by atoms with Crippen LogP contribution in [0.4, 0.5) is 0 Å². The average Bonchev–Trinajstić information content (AvgIpc) is 2.53. The van der Waals surface area contributed by atoms with E-state index in [0.29, 0.717) is 5.92 Å². The predicted octanol–water partition coefficient (Wildman–Crippen LogP) is 2.15. The summed E-state index contributed by atoms with van der Waals surface area (Å²) in [5, 5.41) is 13.8. The maximum atomic E-state index is 4.12. The topological polar surface area (TPSA) is 37.8 Å². The molecule has 0 aliphatic rings. The van der Waals surface area contributed by atoms with Gasteiger partial charge in [0.1, 0.15) is 10.0 Å². The van der Waals surface area contributed by atoms with Gasteiger partial charge in [0.05, 0.1) is 0 Å². The van der Waals surface area contributed by atoms with Crippen molar-refractivity contribution in [3.63, 3.8) is 0 Å². The van der Waals surface area contributed by atoms with Crippen LogP contribution in [0.3, 0.4) is 0 Å².